The van der Waals surface area contributed by atoms with E-state index in [-0.39, 0.29) is 24.3 Å². The maximum Gasteiger partial charge on any atom is 0.240 e. The van der Waals surface area contributed by atoms with Crippen molar-refractivity contribution in [2.24, 2.45) is 0 Å². The van der Waals surface area contributed by atoms with Gasteiger partial charge in [0.2, 0.25) is 11.8 Å². The first-order valence-electron chi connectivity index (χ1n) is 5.41. The zero-order valence-corrected chi connectivity index (χ0v) is 9.38. The van der Waals surface area contributed by atoms with Crippen LogP contribution < -0.4 is 10.6 Å². The van der Waals surface area contributed by atoms with E-state index in [0.717, 1.165) is 26.1 Å². The minimum Gasteiger partial charge on any atom is -0.359 e. The number of piperazine rings is 1. The maximum absolute atomic E-state index is 11.9. The Hall–Kier alpha value is -1.10. The molecule has 1 rings (SSSR count). The van der Waals surface area contributed by atoms with Gasteiger partial charge in [-0.2, -0.15) is 0 Å². The first-order chi connectivity index (χ1) is 7.19. The second-order valence-electron chi connectivity index (χ2n) is 3.71. The molecule has 0 aromatic rings. The number of carbonyl (C=O) groups is 2. The number of hydrogen-bond acceptors (Lipinski definition) is 3. The molecule has 0 aromatic carbocycles. The minimum atomic E-state index is -0.342. The molecule has 2 N–H and O–H groups in total. The third kappa shape index (κ3) is 3.20. The Bertz CT molecular complexity index is 241. The van der Waals surface area contributed by atoms with Crippen molar-refractivity contribution in [1.82, 2.24) is 15.5 Å². The fourth-order valence-electron chi connectivity index (χ4n) is 1.73. The lowest BCUT2D eigenvalue weighted by atomic mass is 10.1. The van der Waals surface area contributed by atoms with Crippen LogP contribution >= 0.6 is 0 Å². The first-order valence-corrected chi connectivity index (χ1v) is 5.41. The third-order valence-electron chi connectivity index (χ3n) is 2.54. The molecular formula is C10H19N3O2. The summed E-state index contributed by atoms with van der Waals surface area (Å²) in [6.45, 7) is 4.35. The Kier molecular flexibility index (Phi) is 4.55. The number of carbonyl (C=O) groups excluding carboxylic acids is 2. The SMILES string of the molecule is CCCN1CCNC(CC(=O)NC)C1=O. The summed E-state index contributed by atoms with van der Waals surface area (Å²) < 4.78 is 0. The number of rotatable bonds is 4. The average molecular weight is 213 g/mol. The summed E-state index contributed by atoms with van der Waals surface area (Å²) in [4.78, 5) is 24.8. The van der Waals surface area contributed by atoms with Gasteiger partial charge in [-0.1, -0.05) is 6.92 Å². The number of nitrogens with one attached hydrogen (secondary N) is 2. The Morgan fingerprint density at radius 1 is 1.67 bits per heavy atom. The highest BCUT2D eigenvalue weighted by Gasteiger charge is 2.28. The second kappa shape index (κ2) is 5.70. The van der Waals surface area contributed by atoms with Gasteiger partial charge >= 0.3 is 0 Å². The lowest BCUT2D eigenvalue weighted by Crippen LogP contribution is -2.56. The number of hydrogen-bond donors (Lipinski definition) is 2. The smallest absolute Gasteiger partial charge is 0.240 e. The van der Waals surface area contributed by atoms with Crippen LogP contribution in [0.2, 0.25) is 0 Å². The molecule has 1 unspecified atom stereocenters. The predicted octanol–water partition coefficient (Wildman–Crippen LogP) is -0.667. The van der Waals surface area contributed by atoms with Gasteiger partial charge in [-0.25, -0.2) is 0 Å². The zero-order valence-electron chi connectivity index (χ0n) is 9.38. The minimum absolute atomic E-state index is 0.0479. The van der Waals surface area contributed by atoms with E-state index >= 15 is 0 Å². The number of amides is 2. The maximum atomic E-state index is 11.9. The third-order valence-corrected chi connectivity index (χ3v) is 2.54. The van der Waals surface area contributed by atoms with Crippen molar-refractivity contribution < 1.29 is 9.59 Å². The van der Waals surface area contributed by atoms with E-state index in [0.29, 0.717) is 0 Å². The molecule has 1 fully saturated rings. The zero-order chi connectivity index (χ0) is 11.3. The van der Waals surface area contributed by atoms with Gasteiger partial charge in [0, 0.05) is 26.7 Å². The molecule has 0 saturated carbocycles. The lowest BCUT2D eigenvalue weighted by Gasteiger charge is -2.32. The van der Waals surface area contributed by atoms with E-state index in [1.807, 2.05) is 11.8 Å². The molecule has 1 saturated heterocycles. The van der Waals surface area contributed by atoms with Crippen LogP contribution in [-0.4, -0.2) is 49.4 Å². The first kappa shape index (κ1) is 12.0. The van der Waals surface area contributed by atoms with Crippen molar-refractivity contribution in [3.63, 3.8) is 0 Å². The van der Waals surface area contributed by atoms with E-state index in [1.54, 1.807) is 7.05 Å². The Morgan fingerprint density at radius 2 is 2.40 bits per heavy atom. The fraction of sp³-hybridized carbons (Fsp3) is 0.800. The predicted molar refractivity (Wildman–Crippen MR) is 57.3 cm³/mol. The Morgan fingerprint density at radius 3 is 3.00 bits per heavy atom. The van der Waals surface area contributed by atoms with Crippen molar-refractivity contribution in [1.29, 1.82) is 0 Å². The van der Waals surface area contributed by atoms with Crippen molar-refractivity contribution in [3.05, 3.63) is 0 Å². The molecule has 0 bridgehead atoms. The van der Waals surface area contributed by atoms with Crippen molar-refractivity contribution >= 4 is 11.8 Å². The normalized spacial score (nSPS) is 21.6. The molecule has 2 amide bonds. The van der Waals surface area contributed by atoms with Gasteiger partial charge in [-0.05, 0) is 6.42 Å². The monoisotopic (exact) mass is 213 g/mol. The van der Waals surface area contributed by atoms with E-state index in [2.05, 4.69) is 10.6 Å². The second-order valence-corrected chi connectivity index (χ2v) is 3.71. The highest BCUT2D eigenvalue weighted by atomic mass is 16.2. The molecule has 0 aliphatic carbocycles. The molecule has 86 valence electrons. The molecule has 0 spiro atoms. The lowest BCUT2D eigenvalue weighted by molar-refractivity contribution is -0.138. The van der Waals surface area contributed by atoms with E-state index in [4.69, 9.17) is 0 Å². The van der Waals surface area contributed by atoms with Gasteiger partial charge in [-0.3, -0.25) is 9.59 Å². The quantitative estimate of drug-likeness (QED) is 0.651. The van der Waals surface area contributed by atoms with Gasteiger partial charge in [0.15, 0.2) is 0 Å². The fourth-order valence-corrected chi connectivity index (χ4v) is 1.73. The van der Waals surface area contributed by atoms with Gasteiger partial charge in [0.25, 0.3) is 0 Å². The van der Waals surface area contributed by atoms with Crippen molar-refractivity contribution in [3.8, 4) is 0 Å². The molecular weight excluding hydrogens is 194 g/mol. The molecule has 1 aliphatic heterocycles. The van der Waals surface area contributed by atoms with E-state index in [9.17, 15) is 9.59 Å². The molecule has 5 nitrogen and oxygen atoms in total. The topological polar surface area (TPSA) is 61.4 Å². The molecule has 1 aliphatic rings. The molecule has 5 heteroatoms. The van der Waals surface area contributed by atoms with Crippen LogP contribution in [0.25, 0.3) is 0 Å². The van der Waals surface area contributed by atoms with Crippen LogP contribution in [-0.2, 0) is 9.59 Å². The summed E-state index contributed by atoms with van der Waals surface area (Å²) >= 11 is 0. The number of nitrogens with zero attached hydrogens (tertiary/aromatic N) is 1. The average Bonchev–Trinajstić information content (AvgIpc) is 2.24. The van der Waals surface area contributed by atoms with Crippen LogP contribution in [0.1, 0.15) is 19.8 Å². The van der Waals surface area contributed by atoms with Crippen LogP contribution in [0.5, 0.6) is 0 Å². The van der Waals surface area contributed by atoms with Crippen LogP contribution in [0.15, 0.2) is 0 Å². The van der Waals surface area contributed by atoms with Crippen molar-refractivity contribution in [2.45, 2.75) is 25.8 Å². The highest BCUT2D eigenvalue weighted by molar-refractivity contribution is 5.88. The standard InChI is InChI=1S/C10H19N3O2/c1-3-5-13-6-4-12-8(10(13)15)7-9(14)11-2/h8,12H,3-7H2,1-2H3,(H,11,14). The summed E-state index contributed by atoms with van der Waals surface area (Å²) in [6.07, 6.45) is 1.19. The Labute approximate surface area is 90.2 Å². The van der Waals surface area contributed by atoms with Gasteiger partial charge in [-0.15, -0.1) is 0 Å². The summed E-state index contributed by atoms with van der Waals surface area (Å²) in [7, 11) is 1.58. The van der Waals surface area contributed by atoms with Gasteiger partial charge in [0.05, 0.1) is 12.5 Å². The van der Waals surface area contributed by atoms with Crippen LogP contribution in [0.4, 0.5) is 0 Å². The van der Waals surface area contributed by atoms with E-state index < -0.39 is 0 Å². The molecule has 0 radical (unpaired) electrons. The molecule has 0 aromatic heterocycles. The summed E-state index contributed by atoms with van der Waals surface area (Å²) in [5.41, 5.74) is 0. The molecule has 1 atom stereocenters. The van der Waals surface area contributed by atoms with Crippen molar-refractivity contribution in [2.75, 3.05) is 26.7 Å². The summed E-state index contributed by atoms with van der Waals surface area (Å²) in [5, 5.41) is 5.60. The highest BCUT2D eigenvalue weighted by Crippen LogP contribution is 2.05. The summed E-state index contributed by atoms with van der Waals surface area (Å²) in [5.74, 6) is -0.0501. The molecule has 15 heavy (non-hydrogen) atoms. The van der Waals surface area contributed by atoms with Crippen LogP contribution in [0.3, 0.4) is 0 Å². The van der Waals surface area contributed by atoms with Gasteiger partial charge in [0.1, 0.15) is 0 Å². The Balaban J connectivity index is 2.50. The molecule has 1 heterocycles. The van der Waals surface area contributed by atoms with Gasteiger partial charge < -0.3 is 15.5 Å². The van der Waals surface area contributed by atoms with Crippen LogP contribution in [0, 0.1) is 0 Å². The largest absolute Gasteiger partial charge is 0.359 e. The summed E-state index contributed by atoms with van der Waals surface area (Å²) in [6, 6.07) is -0.342. The van der Waals surface area contributed by atoms with E-state index in [1.165, 1.54) is 0 Å².